The first kappa shape index (κ1) is 15.2. The standard InChI is InChI=1S/C14H20BrNO2/c1-10(9-15)7-8-12(14(17)18)13(16)11-5-3-2-4-6-11/h2-6,10,12-13H,7-9,16H2,1H3,(H,17,18). The van der Waals surface area contributed by atoms with Crippen LogP contribution in [-0.4, -0.2) is 16.4 Å². The average molecular weight is 314 g/mol. The monoisotopic (exact) mass is 313 g/mol. The van der Waals surface area contributed by atoms with E-state index >= 15 is 0 Å². The van der Waals surface area contributed by atoms with Crippen molar-refractivity contribution in [2.75, 3.05) is 5.33 Å². The molecule has 0 aliphatic rings. The number of carbonyl (C=O) groups is 1. The van der Waals surface area contributed by atoms with Gasteiger partial charge in [-0.05, 0) is 24.3 Å². The summed E-state index contributed by atoms with van der Waals surface area (Å²) in [4.78, 5) is 11.3. The van der Waals surface area contributed by atoms with E-state index in [0.29, 0.717) is 12.3 Å². The summed E-state index contributed by atoms with van der Waals surface area (Å²) in [5, 5.41) is 10.2. The maximum atomic E-state index is 11.3. The molecule has 3 N–H and O–H groups in total. The smallest absolute Gasteiger partial charge is 0.308 e. The molecule has 0 aliphatic heterocycles. The fraction of sp³-hybridized carbons (Fsp3) is 0.500. The van der Waals surface area contributed by atoms with Crippen LogP contribution in [0.4, 0.5) is 0 Å². The third-order valence-electron chi connectivity index (χ3n) is 3.17. The molecular formula is C14H20BrNO2. The van der Waals surface area contributed by atoms with Crippen LogP contribution in [0.25, 0.3) is 0 Å². The molecule has 1 rings (SSSR count). The quantitative estimate of drug-likeness (QED) is 0.760. The van der Waals surface area contributed by atoms with Crippen molar-refractivity contribution >= 4 is 21.9 Å². The van der Waals surface area contributed by atoms with Crippen molar-refractivity contribution in [3.63, 3.8) is 0 Å². The predicted octanol–water partition coefficient (Wildman–Crippen LogP) is 3.20. The SMILES string of the molecule is CC(CBr)CCC(C(=O)O)C(N)c1ccccc1. The van der Waals surface area contributed by atoms with E-state index in [1.54, 1.807) is 0 Å². The summed E-state index contributed by atoms with van der Waals surface area (Å²) in [5.74, 6) is -0.864. The maximum absolute atomic E-state index is 11.3. The van der Waals surface area contributed by atoms with Gasteiger partial charge in [-0.15, -0.1) is 0 Å². The van der Waals surface area contributed by atoms with Crippen LogP contribution >= 0.6 is 15.9 Å². The van der Waals surface area contributed by atoms with Crippen LogP contribution in [0.5, 0.6) is 0 Å². The van der Waals surface area contributed by atoms with Crippen molar-refractivity contribution in [2.45, 2.75) is 25.8 Å². The van der Waals surface area contributed by atoms with Crippen LogP contribution in [0.1, 0.15) is 31.4 Å². The van der Waals surface area contributed by atoms with Crippen LogP contribution in [0.15, 0.2) is 30.3 Å². The minimum Gasteiger partial charge on any atom is -0.481 e. The molecule has 0 aromatic heterocycles. The van der Waals surface area contributed by atoms with Crippen molar-refractivity contribution in [2.24, 2.45) is 17.6 Å². The zero-order chi connectivity index (χ0) is 13.5. The van der Waals surface area contributed by atoms with Gasteiger partial charge in [0.15, 0.2) is 0 Å². The van der Waals surface area contributed by atoms with E-state index < -0.39 is 17.9 Å². The van der Waals surface area contributed by atoms with Gasteiger partial charge in [-0.25, -0.2) is 0 Å². The fourth-order valence-corrected chi connectivity index (χ4v) is 2.23. The molecule has 3 nitrogen and oxygen atoms in total. The lowest BCUT2D eigenvalue weighted by Gasteiger charge is -2.21. The lowest BCUT2D eigenvalue weighted by molar-refractivity contribution is -0.142. The number of aliphatic carboxylic acids is 1. The molecule has 0 fully saturated rings. The van der Waals surface area contributed by atoms with Crippen LogP contribution < -0.4 is 5.73 Å². The van der Waals surface area contributed by atoms with E-state index in [1.165, 1.54) is 0 Å². The van der Waals surface area contributed by atoms with Crippen LogP contribution in [-0.2, 0) is 4.79 Å². The Bertz CT molecular complexity index is 369. The van der Waals surface area contributed by atoms with Gasteiger partial charge in [0.05, 0.1) is 5.92 Å². The van der Waals surface area contributed by atoms with Crippen LogP contribution in [0.3, 0.4) is 0 Å². The minimum absolute atomic E-state index is 0.439. The van der Waals surface area contributed by atoms with E-state index in [4.69, 9.17) is 5.73 Å². The summed E-state index contributed by atoms with van der Waals surface area (Å²) in [7, 11) is 0. The van der Waals surface area contributed by atoms with Gasteiger partial charge >= 0.3 is 5.97 Å². The van der Waals surface area contributed by atoms with Crippen LogP contribution in [0, 0.1) is 11.8 Å². The summed E-state index contributed by atoms with van der Waals surface area (Å²) in [5.41, 5.74) is 6.96. The molecule has 0 spiro atoms. The molecule has 1 aromatic carbocycles. The van der Waals surface area contributed by atoms with E-state index in [-0.39, 0.29) is 0 Å². The first-order chi connectivity index (χ1) is 8.56. The number of nitrogens with two attached hydrogens (primary N) is 1. The van der Waals surface area contributed by atoms with Crippen molar-refractivity contribution < 1.29 is 9.90 Å². The summed E-state index contributed by atoms with van der Waals surface area (Å²) in [6.07, 6.45) is 1.47. The van der Waals surface area contributed by atoms with Gasteiger partial charge in [-0.2, -0.15) is 0 Å². The molecule has 0 saturated carbocycles. The van der Waals surface area contributed by atoms with Gasteiger partial charge in [0, 0.05) is 11.4 Å². The third kappa shape index (κ3) is 4.42. The van der Waals surface area contributed by atoms with Gasteiger partial charge in [0.1, 0.15) is 0 Å². The molecule has 0 aliphatic carbocycles. The molecule has 0 amide bonds. The first-order valence-electron chi connectivity index (χ1n) is 6.15. The Morgan fingerprint density at radius 3 is 2.44 bits per heavy atom. The van der Waals surface area contributed by atoms with Gasteiger partial charge in [0.25, 0.3) is 0 Å². The summed E-state index contributed by atoms with van der Waals surface area (Å²) >= 11 is 3.41. The summed E-state index contributed by atoms with van der Waals surface area (Å²) in [6.45, 7) is 2.10. The highest BCUT2D eigenvalue weighted by Gasteiger charge is 2.26. The molecule has 100 valence electrons. The number of halogens is 1. The number of rotatable bonds is 7. The zero-order valence-corrected chi connectivity index (χ0v) is 12.1. The summed E-state index contributed by atoms with van der Waals surface area (Å²) < 4.78 is 0. The van der Waals surface area contributed by atoms with E-state index in [9.17, 15) is 9.90 Å². The molecule has 1 aromatic rings. The second-order valence-electron chi connectivity index (χ2n) is 4.72. The van der Waals surface area contributed by atoms with E-state index in [2.05, 4.69) is 22.9 Å². The van der Waals surface area contributed by atoms with Gasteiger partial charge in [-0.1, -0.05) is 53.2 Å². The van der Waals surface area contributed by atoms with Gasteiger partial charge < -0.3 is 10.8 Å². The van der Waals surface area contributed by atoms with Gasteiger partial charge in [0.2, 0.25) is 0 Å². The number of hydrogen-bond acceptors (Lipinski definition) is 2. The number of carboxylic acids is 1. The zero-order valence-electron chi connectivity index (χ0n) is 10.6. The highest BCUT2D eigenvalue weighted by molar-refractivity contribution is 9.09. The Labute approximate surface area is 117 Å². The Kier molecular flexibility index (Phi) is 6.36. The Morgan fingerprint density at radius 2 is 1.94 bits per heavy atom. The molecule has 3 unspecified atom stereocenters. The predicted molar refractivity (Wildman–Crippen MR) is 76.7 cm³/mol. The lowest BCUT2D eigenvalue weighted by atomic mass is 9.88. The van der Waals surface area contributed by atoms with E-state index in [1.807, 2.05) is 30.3 Å². The largest absolute Gasteiger partial charge is 0.481 e. The number of carboxylic acid groups (broad SMARTS) is 1. The normalized spacial score (nSPS) is 15.9. The van der Waals surface area contributed by atoms with Crippen molar-refractivity contribution in [3.8, 4) is 0 Å². The molecule has 3 atom stereocenters. The molecular weight excluding hydrogens is 294 g/mol. The van der Waals surface area contributed by atoms with Gasteiger partial charge in [-0.3, -0.25) is 4.79 Å². The summed E-state index contributed by atoms with van der Waals surface area (Å²) in [6, 6.07) is 9.00. The van der Waals surface area contributed by atoms with Crippen molar-refractivity contribution in [3.05, 3.63) is 35.9 Å². The minimum atomic E-state index is -0.812. The molecule has 18 heavy (non-hydrogen) atoms. The van der Waals surface area contributed by atoms with E-state index in [0.717, 1.165) is 17.3 Å². The Hall–Kier alpha value is -0.870. The fourth-order valence-electron chi connectivity index (χ4n) is 1.91. The highest BCUT2D eigenvalue weighted by Crippen LogP contribution is 2.25. The molecule has 0 bridgehead atoms. The average Bonchev–Trinajstić information content (AvgIpc) is 2.39. The highest BCUT2D eigenvalue weighted by atomic mass is 79.9. The molecule has 0 heterocycles. The second kappa shape index (κ2) is 7.54. The number of alkyl halides is 1. The number of hydrogen-bond donors (Lipinski definition) is 2. The topological polar surface area (TPSA) is 63.3 Å². The van der Waals surface area contributed by atoms with Crippen molar-refractivity contribution in [1.82, 2.24) is 0 Å². The number of benzene rings is 1. The Balaban J connectivity index is 2.70. The maximum Gasteiger partial charge on any atom is 0.308 e. The second-order valence-corrected chi connectivity index (χ2v) is 5.37. The van der Waals surface area contributed by atoms with Crippen LogP contribution in [0.2, 0.25) is 0 Å². The molecule has 0 radical (unpaired) electrons. The third-order valence-corrected chi connectivity index (χ3v) is 4.27. The molecule has 4 heteroatoms. The Morgan fingerprint density at radius 1 is 1.33 bits per heavy atom. The first-order valence-corrected chi connectivity index (χ1v) is 7.27. The van der Waals surface area contributed by atoms with Crippen molar-refractivity contribution in [1.29, 1.82) is 0 Å². The molecule has 0 saturated heterocycles. The lowest BCUT2D eigenvalue weighted by Crippen LogP contribution is -2.28.